The molecule has 17 heavy (non-hydrogen) atoms. The number of benzene rings is 1. The van der Waals surface area contributed by atoms with Crippen LogP contribution in [0.15, 0.2) is 23.1 Å². The molecule has 0 radical (unpaired) electrons. The van der Waals surface area contributed by atoms with Crippen molar-refractivity contribution in [1.82, 2.24) is 0 Å². The molecular formula is C11H13NO4S. The molecule has 1 heterocycles. The molecule has 1 aromatic carbocycles. The van der Waals surface area contributed by atoms with Gasteiger partial charge >= 0.3 is 5.97 Å². The molecule has 1 atom stereocenters. The van der Waals surface area contributed by atoms with Crippen molar-refractivity contribution in [2.24, 2.45) is 5.73 Å². The Balaban J connectivity index is 2.50. The molecule has 1 unspecified atom stereocenters. The van der Waals surface area contributed by atoms with Gasteiger partial charge in [-0.3, -0.25) is 4.79 Å². The molecule has 6 heteroatoms. The zero-order valence-corrected chi connectivity index (χ0v) is 9.90. The SMILES string of the molecule is NC(CC(=O)O)c1cccc2c1S(=O)(=O)CC2. The Hall–Kier alpha value is -1.40. The Labute approximate surface area is 99.2 Å². The van der Waals surface area contributed by atoms with E-state index >= 15 is 0 Å². The van der Waals surface area contributed by atoms with E-state index in [9.17, 15) is 13.2 Å². The largest absolute Gasteiger partial charge is 0.481 e. The van der Waals surface area contributed by atoms with Gasteiger partial charge in [-0.1, -0.05) is 18.2 Å². The van der Waals surface area contributed by atoms with E-state index in [1.54, 1.807) is 18.2 Å². The second-order valence-electron chi connectivity index (χ2n) is 4.11. The fourth-order valence-corrected chi connectivity index (χ4v) is 3.96. The Morgan fingerprint density at radius 3 is 2.82 bits per heavy atom. The fourth-order valence-electron chi connectivity index (χ4n) is 2.12. The van der Waals surface area contributed by atoms with Gasteiger partial charge < -0.3 is 10.8 Å². The van der Waals surface area contributed by atoms with Crippen LogP contribution in [0.25, 0.3) is 0 Å². The summed E-state index contributed by atoms with van der Waals surface area (Å²) in [6, 6.07) is 4.28. The molecule has 0 bridgehead atoms. The van der Waals surface area contributed by atoms with Crippen molar-refractivity contribution in [1.29, 1.82) is 0 Å². The molecule has 1 aliphatic rings. The van der Waals surface area contributed by atoms with E-state index in [1.807, 2.05) is 0 Å². The standard InChI is InChI=1S/C11H13NO4S/c12-9(6-10(13)14)8-3-1-2-7-4-5-17(15,16)11(7)8/h1-3,9H,4-6,12H2,(H,13,14). The molecule has 0 amide bonds. The van der Waals surface area contributed by atoms with Crippen LogP contribution in [0.2, 0.25) is 0 Å². The van der Waals surface area contributed by atoms with Gasteiger partial charge in [0.25, 0.3) is 0 Å². The molecule has 0 aromatic heterocycles. The van der Waals surface area contributed by atoms with Gasteiger partial charge in [0.2, 0.25) is 0 Å². The monoisotopic (exact) mass is 255 g/mol. The molecule has 2 rings (SSSR count). The van der Waals surface area contributed by atoms with E-state index in [0.29, 0.717) is 12.0 Å². The van der Waals surface area contributed by atoms with Crippen molar-refractivity contribution in [3.8, 4) is 0 Å². The van der Waals surface area contributed by atoms with Gasteiger partial charge in [-0.15, -0.1) is 0 Å². The lowest BCUT2D eigenvalue weighted by Crippen LogP contribution is -2.18. The number of hydrogen-bond donors (Lipinski definition) is 2. The highest BCUT2D eigenvalue weighted by molar-refractivity contribution is 7.91. The number of sulfone groups is 1. The lowest BCUT2D eigenvalue weighted by Gasteiger charge is -2.13. The molecule has 3 N–H and O–H groups in total. The number of rotatable bonds is 3. The van der Waals surface area contributed by atoms with Gasteiger partial charge in [0.05, 0.1) is 17.1 Å². The predicted molar refractivity (Wildman–Crippen MR) is 61.4 cm³/mol. The predicted octanol–water partition coefficient (Wildman–Crippen LogP) is 0.491. The highest BCUT2D eigenvalue weighted by atomic mass is 32.2. The number of carbonyl (C=O) groups is 1. The average Bonchev–Trinajstić information content (AvgIpc) is 2.54. The van der Waals surface area contributed by atoms with E-state index in [4.69, 9.17) is 10.8 Å². The minimum Gasteiger partial charge on any atom is -0.481 e. The number of aryl methyl sites for hydroxylation is 1. The van der Waals surface area contributed by atoms with E-state index in [1.165, 1.54) is 0 Å². The highest BCUT2D eigenvalue weighted by Crippen LogP contribution is 2.32. The van der Waals surface area contributed by atoms with Crippen LogP contribution in [0.5, 0.6) is 0 Å². The van der Waals surface area contributed by atoms with Crippen LogP contribution in [0.4, 0.5) is 0 Å². The van der Waals surface area contributed by atoms with E-state index < -0.39 is 21.8 Å². The zero-order valence-electron chi connectivity index (χ0n) is 9.09. The highest BCUT2D eigenvalue weighted by Gasteiger charge is 2.31. The maximum Gasteiger partial charge on any atom is 0.305 e. The number of carboxylic acid groups (broad SMARTS) is 1. The van der Waals surface area contributed by atoms with Crippen molar-refractivity contribution in [2.45, 2.75) is 23.8 Å². The first-order valence-electron chi connectivity index (χ1n) is 5.24. The molecule has 0 spiro atoms. The Bertz CT molecular complexity index is 565. The third kappa shape index (κ3) is 2.18. The molecule has 0 saturated carbocycles. The molecule has 1 aromatic rings. The van der Waals surface area contributed by atoms with Crippen molar-refractivity contribution in [2.75, 3.05) is 5.75 Å². The van der Waals surface area contributed by atoms with Crippen LogP contribution in [0.1, 0.15) is 23.6 Å². The molecule has 0 saturated heterocycles. The van der Waals surface area contributed by atoms with Gasteiger partial charge in [0, 0.05) is 6.04 Å². The van der Waals surface area contributed by atoms with Crippen molar-refractivity contribution >= 4 is 15.8 Å². The first kappa shape index (κ1) is 12.1. The number of aliphatic carboxylic acids is 1. The van der Waals surface area contributed by atoms with Crippen LogP contribution < -0.4 is 5.73 Å². The summed E-state index contributed by atoms with van der Waals surface area (Å²) >= 11 is 0. The second-order valence-corrected chi connectivity index (χ2v) is 6.15. The minimum atomic E-state index is -3.29. The van der Waals surface area contributed by atoms with E-state index in [-0.39, 0.29) is 17.1 Å². The topological polar surface area (TPSA) is 97.5 Å². The molecule has 1 aliphatic heterocycles. The Kier molecular flexibility index (Phi) is 2.92. The molecule has 5 nitrogen and oxygen atoms in total. The number of nitrogens with two attached hydrogens (primary N) is 1. The fraction of sp³-hybridized carbons (Fsp3) is 0.364. The number of hydrogen-bond acceptors (Lipinski definition) is 4. The zero-order chi connectivity index (χ0) is 12.6. The second kappa shape index (κ2) is 4.12. The van der Waals surface area contributed by atoms with Crippen LogP contribution in [0.3, 0.4) is 0 Å². The third-order valence-corrected chi connectivity index (χ3v) is 4.73. The number of fused-ring (bicyclic) bond motifs is 1. The maximum absolute atomic E-state index is 11.9. The van der Waals surface area contributed by atoms with Crippen molar-refractivity contribution in [3.05, 3.63) is 29.3 Å². The summed E-state index contributed by atoms with van der Waals surface area (Å²) in [5.74, 6) is -0.954. The summed E-state index contributed by atoms with van der Waals surface area (Å²) in [4.78, 5) is 10.9. The van der Waals surface area contributed by atoms with E-state index in [2.05, 4.69) is 0 Å². The van der Waals surface area contributed by atoms with Gasteiger partial charge in [-0.25, -0.2) is 8.42 Å². The first-order valence-corrected chi connectivity index (χ1v) is 6.89. The third-order valence-electron chi connectivity index (χ3n) is 2.87. The van der Waals surface area contributed by atoms with Crippen LogP contribution in [-0.4, -0.2) is 25.2 Å². The van der Waals surface area contributed by atoms with Gasteiger partial charge in [0.1, 0.15) is 0 Å². The van der Waals surface area contributed by atoms with Gasteiger partial charge in [-0.2, -0.15) is 0 Å². The number of carboxylic acids is 1. The summed E-state index contributed by atoms with van der Waals surface area (Å²) < 4.78 is 23.7. The Morgan fingerprint density at radius 2 is 2.18 bits per heavy atom. The quantitative estimate of drug-likeness (QED) is 0.819. The van der Waals surface area contributed by atoms with Gasteiger partial charge in [-0.05, 0) is 17.5 Å². The van der Waals surface area contributed by atoms with Crippen LogP contribution in [-0.2, 0) is 21.1 Å². The molecule has 92 valence electrons. The average molecular weight is 255 g/mol. The summed E-state index contributed by atoms with van der Waals surface area (Å²) in [7, 11) is -3.29. The normalized spacial score (nSPS) is 18.6. The summed E-state index contributed by atoms with van der Waals surface area (Å²) in [6.07, 6.45) is 0.206. The minimum absolute atomic E-state index is 0.0825. The summed E-state index contributed by atoms with van der Waals surface area (Å²) in [6.45, 7) is 0. The molecule has 0 fully saturated rings. The summed E-state index contributed by atoms with van der Waals surface area (Å²) in [5, 5.41) is 8.69. The van der Waals surface area contributed by atoms with E-state index in [0.717, 1.165) is 5.56 Å². The van der Waals surface area contributed by atoms with Crippen molar-refractivity contribution in [3.63, 3.8) is 0 Å². The van der Waals surface area contributed by atoms with Crippen LogP contribution >= 0.6 is 0 Å². The molecular weight excluding hydrogens is 242 g/mol. The smallest absolute Gasteiger partial charge is 0.305 e. The van der Waals surface area contributed by atoms with Crippen LogP contribution in [0, 0.1) is 0 Å². The molecule has 0 aliphatic carbocycles. The lowest BCUT2D eigenvalue weighted by molar-refractivity contribution is -0.137. The lowest BCUT2D eigenvalue weighted by atomic mass is 10.0. The van der Waals surface area contributed by atoms with Crippen molar-refractivity contribution < 1.29 is 18.3 Å². The summed E-state index contributed by atoms with van der Waals surface area (Å²) in [5.41, 5.74) is 6.90. The Morgan fingerprint density at radius 1 is 1.47 bits per heavy atom. The maximum atomic E-state index is 11.9. The van der Waals surface area contributed by atoms with Gasteiger partial charge in [0.15, 0.2) is 9.84 Å². The first-order chi connectivity index (χ1) is 7.92.